The van der Waals surface area contributed by atoms with Gasteiger partial charge in [-0.05, 0) is 43.3 Å². The van der Waals surface area contributed by atoms with E-state index in [9.17, 15) is 18.4 Å². The second-order valence-corrected chi connectivity index (χ2v) is 5.93. The van der Waals surface area contributed by atoms with Crippen molar-refractivity contribution in [3.05, 3.63) is 59.7 Å². The van der Waals surface area contributed by atoms with Crippen molar-refractivity contribution in [2.45, 2.75) is 18.4 Å². The van der Waals surface area contributed by atoms with Gasteiger partial charge in [0.15, 0.2) is 0 Å². The summed E-state index contributed by atoms with van der Waals surface area (Å²) < 4.78 is 28.3. The first-order valence-electron chi connectivity index (χ1n) is 7.02. The van der Waals surface area contributed by atoms with E-state index >= 15 is 0 Å². The molecule has 24 heavy (non-hydrogen) atoms. The van der Waals surface area contributed by atoms with Gasteiger partial charge in [0.1, 0.15) is 5.75 Å². The minimum atomic E-state index is -2.93. The molecule has 0 spiro atoms. The Morgan fingerprint density at radius 2 is 1.71 bits per heavy atom. The Hall–Kier alpha value is -2.41. The fraction of sp³-hybridized carbons (Fsp3) is 0.176. The Balaban J connectivity index is 1.84. The van der Waals surface area contributed by atoms with E-state index in [4.69, 9.17) is 0 Å². The molecule has 2 amide bonds. The van der Waals surface area contributed by atoms with Gasteiger partial charge in [-0.25, -0.2) is 0 Å². The molecule has 0 radical (unpaired) electrons. The topological polar surface area (TPSA) is 55.4 Å². The third-order valence-electron chi connectivity index (χ3n) is 2.99. The highest BCUT2D eigenvalue weighted by atomic mass is 32.2. The van der Waals surface area contributed by atoms with Crippen LogP contribution in [0.3, 0.4) is 0 Å². The molecule has 0 aromatic heterocycles. The number of rotatable bonds is 6. The normalized spacial score (nSPS) is 10.5. The second-order valence-electron chi connectivity index (χ2n) is 4.88. The SMILES string of the molecule is Cc1ccc(SCC(=O)NC(=O)c2ccc(OC(F)F)cc2)cc1. The summed E-state index contributed by atoms with van der Waals surface area (Å²) in [5.41, 5.74) is 1.31. The van der Waals surface area contributed by atoms with Gasteiger partial charge >= 0.3 is 6.61 Å². The molecule has 0 bridgehead atoms. The molecule has 0 aliphatic heterocycles. The van der Waals surface area contributed by atoms with Crippen molar-refractivity contribution in [2.75, 3.05) is 5.75 Å². The molecule has 0 fully saturated rings. The Bertz CT molecular complexity index is 703. The van der Waals surface area contributed by atoms with Gasteiger partial charge in [0.25, 0.3) is 5.91 Å². The molecule has 7 heteroatoms. The van der Waals surface area contributed by atoms with Crippen molar-refractivity contribution >= 4 is 23.6 Å². The molecule has 126 valence electrons. The molecule has 2 aromatic carbocycles. The van der Waals surface area contributed by atoms with E-state index in [0.29, 0.717) is 0 Å². The van der Waals surface area contributed by atoms with Crippen LogP contribution in [0, 0.1) is 6.92 Å². The van der Waals surface area contributed by atoms with E-state index in [1.165, 1.54) is 36.0 Å². The van der Waals surface area contributed by atoms with Gasteiger partial charge in [-0.15, -0.1) is 11.8 Å². The van der Waals surface area contributed by atoms with E-state index in [2.05, 4.69) is 10.1 Å². The van der Waals surface area contributed by atoms with Gasteiger partial charge in [0.05, 0.1) is 5.75 Å². The van der Waals surface area contributed by atoms with Crippen LogP contribution in [0.15, 0.2) is 53.4 Å². The first-order chi connectivity index (χ1) is 11.4. The molecule has 0 heterocycles. The van der Waals surface area contributed by atoms with Crippen molar-refractivity contribution in [3.63, 3.8) is 0 Å². The highest BCUT2D eigenvalue weighted by Crippen LogP contribution is 2.18. The number of carbonyl (C=O) groups excluding carboxylic acids is 2. The lowest BCUT2D eigenvalue weighted by molar-refractivity contribution is -0.117. The van der Waals surface area contributed by atoms with Crippen molar-refractivity contribution in [2.24, 2.45) is 0 Å². The lowest BCUT2D eigenvalue weighted by Crippen LogP contribution is -2.31. The van der Waals surface area contributed by atoms with E-state index in [1.54, 1.807) is 0 Å². The maximum Gasteiger partial charge on any atom is 0.387 e. The average molecular weight is 351 g/mol. The van der Waals surface area contributed by atoms with Crippen LogP contribution >= 0.6 is 11.8 Å². The molecule has 4 nitrogen and oxygen atoms in total. The van der Waals surface area contributed by atoms with E-state index in [-0.39, 0.29) is 17.1 Å². The number of carbonyl (C=O) groups is 2. The van der Waals surface area contributed by atoms with Crippen LogP contribution in [0.25, 0.3) is 0 Å². The molecule has 0 unspecified atom stereocenters. The summed E-state index contributed by atoms with van der Waals surface area (Å²) in [5, 5.41) is 2.25. The molecule has 0 aliphatic rings. The average Bonchev–Trinajstić information content (AvgIpc) is 2.54. The molecule has 2 rings (SSSR count). The van der Waals surface area contributed by atoms with Crippen molar-refractivity contribution in [1.29, 1.82) is 0 Å². The minimum Gasteiger partial charge on any atom is -0.435 e. The summed E-state index contributed by atoms with van der Waals surface area (Å²) in [7, 11) is 0. The van der Waals surface area contributed by atoms with Crippen LogP contribution in [0.2, 0.25) is 0 Å². The van der Waals surface area contributed by atoms with E-state index < -0.39 is 18.4 Å². The second kappa shape index (κ2) is 8.44. The van der Waals surface area contributed by atoms with Crippen LogP contribution in [-0.2, 0) is 4.79 Å². The van der Waals surface area contributed by atoms with Gasteiger partial charge < -0.3 is 4.74 Å². The largest absolute Gasteiger partial charge is 0.435 e. The number of ether oxygens (including phenoxy) is 1. The van der Waals surface area contributed by atoms with E-state index in [0.717, 1.165) is 10.5 Å². The highest BCUT2D eigenvalue weighted by molar-refractivity contribution is 8.00. The lowest BCUT2D eigenvalue weighted by atomic mass is 10.2. The van der Waals surface area contributed by atoms with Crippen molar-refractivity contribution < 1.29 is 23.1 Å². The number of thioether (sulfide) groups is 1. The Labute approximate surface area is 142 Å². The van der Waals surface area contributed by atoms with Crippen LogP contribution in [-0.4, -0.2) is 24.2 Å². The first-order valence-corrected chi connectivity index (χ1v) is 8.01. The smallest absolute Gasteiger partial charge is 0.387 e. The maximum atomic E-state index is 12.0. The molecule has 0 saturated carbocycles. The molecule has 0 saturated heterocycles. The zero-order valence-corrected chi connectivity index (χ0v) is 13.6. The summed E-state index contributed by atoms with van der Waals surface area (Å²) in [4.78, 5) is 24.6. The number of alkyl halides is 2. The quantitative estimate of drug-likeness (QED) is 0.807. The summed E-state index contributed by atoms with van der Waals surface area (Å²) in [5.74, 6) is -0.976. The zero-order chi connectivity index (χ0) is 17.5. The molecule has 1 N–H and O–H groups in total. The summed E-state index contributed by atoms with van der Waals surface area (Å²) in [6, 6.07) is 12.8. The number of imide groups is 1. The Kier molecular flexibility index (Phi) is 6.31. The van der Waals surface area contributed by atoms with Gasteiger partial charge in [-0.3, -0.25) is 14.9 Å². The fourth-order valence-electron chi connectivity index (χ4n) is 1.81. The summed E-state index contributed by atoms with van der Waals surface area (Å²) in [6.45, 7) is -0.956. The van der Waals surface area contributed by atoms with E-state index in [1.807, 2.05) is 31.2 Å². The minimum absolute atomic E-state index is 0.0530. The summed E-state index contributed by atoms with van der Waals surface area (Å²) >= 11 is 1.32. The highest BCUT2D eigenvalue weighted by Gasteiger charge is 2.11. The molecular formula is C17H15F2NO3S. The number of hydrogen-bond acceptors (Lipinski definition) is 4. The van der Waals surface area contributed by atoms with Gasteiger partial charge in [-0.1, -0.05) is 17.7 Å². The Morgan fingerprint density at radius 3 is 2.29 bits per heavy atom. The number of nitrogens with one attached hydrogen (secondary N) is 1. The fourth-order valence-corrected chi connectivity index (χ4v) is 2.50. The molecular weight excluding hydrogens is 336 g/mol. The van der Waals surface area contributed by atoms with Crippen LogP contribution in [0.4, 0.5) is 8.78 Å². The molecule has 2 aromatic rings. The number of halogens is 2. The number of aryl methyl sites for hydroxylation is 1. The predicted molar refractivity (Wildman–Crippen MR) is 87.5 cm³/mol. The molecule has 0 atom stereocenters. The number of hydrogen-bond donors (Lipinski definition) is 1. The Morgan fingerprint density at radius 1 is 1.08 bits per heavy atom. The standard InChI is InChI=1S/C17H15F2NO3S/c1-11-2-8-14(9-3-11)24-10-15(21)20-16(22)12-4-6-13(7-5-12)23-17(18)19/h2-9,17H,10H2,1H3,(H,20,21,22). The van der Waals surface area contributed by atoms with Crippen LogP contribution in [0.1, 0.15) is 15.9 Å². The van der Waals surface area contributed by atoms with Crippen molar-refractivity contribution in [3.8, 4) is 5.75 Å². The van der Waals surface area contributed by atoms with Gasteiger partial charge in [0.2, 0.25) is 5.91 Å². The molecule has 0 aliphatic carbocycles. The predicted octanol–water partition coefficient (Wildman–Crippen LogP) is 3.65. The van der Waals surface area contributed by atoms with Crippen LogP contribution < -0.4 is 10.1 Å². The third kappa shape index (κ3) is 5.66. The summed E-state index contributed by atoms with van der Waals surface area (Å²) in [6.07, 6.45) is 0. The number of amides is 2. The third-order valence-corrected chi connectivity index (χ3v) is 4.00. The maximum absolute atomic E-state index is 12.0. The zero-order valence-electron chi connectivity index (χ0n) is 12.8. The monoisotopic (exact) mass is 351 g/mol. The lowest BCUT2D eigenvalue weighted by Gasteiger charge is -2.06. The van der Waals surface area contributed by atoms with Crippen LogP contribution in [0.5, 0.6) is 5.75 Å². The van der Waals surface area contributed by atoms with Gasteiger partial charge in [0, 0.05) is 10.5 Å². The van der Waals surface area contributed by atoms with Crippen molar-refractivity contribution in [1.82, 2.24) is 5.32 Å². The number of benzene rings is 2. The first kappa shape index (κ1) is 17.9. The van der Waals surface area contributed by atoms with Gasteiger partial charge in [-0.2, -0.15) is 8.78 Å².